The van der Waals surface area contributed by atoms with E-state index >= 15 is 0 Å². The number of nitrogens with one attached hydrogen (secondary N) is 1. The SMILES string of the molecule is COC(=O)c1cnc(Br)s1.COC(=O)c1cnc(N[C@@H](C)c2ncccc2F)s1. The van der Waals surface area contributed by atoms with E-state index in [2.05, 4.69) is 45.7 Å². The lowest BCUT2D eigenvalue weighted by Gasteiger charge is -2.12. The number of anilines is 1. The first-order valence-electron chi connectivity index (χ1n) is 7.96. The van der Waals surface area contributed by atoms with Crippen molar-refractivity contribution in [1.82, 2.24) is 15.0 Å². The van der Waals surface area contributed by atoms with Crippen LogP contribution in [0, 0.1) is 5.82 Å². The second kappa shape index (κ2) is 10.9. The highest BCUT2D eigenvalue weighted by atomic mass is 79.9. The molecule has 0 unspecified atom stereocenters. The van der Waals surface area contributed by atoms with Gasteiger partial charge in [0.15, 0.2) is 9.05 Å². The van der Waals surface area contributed by atoms with E-state index in [0.717, 1.165) is 11.3 Å². The molecule has 1 N–H and O–H groups in total. The number of esters is 2. The second-order valence-electron chi connectivity index (χ2n) is 5.23. The molecular weight excluding hydrogens is 487 g/mol. The van der Waals surface area contributed by atoms with Crippen molar-refractivity contribution in [2.45, 2.75) is 13.0 Å². The van der Waals surface area contributed by atoms with Crippen LogP contribution in [0.2, 0.25) is 0 Å². The molecule has 0 aliphatic heterocycles. The van der Waals surface area contributed by atoms with Crippen molar-refractivity contribution >= 4 is 55.7 Å². The number of carbonyl (C=O) groups is 2. The Bertz CT molecular complexity index is 982. The van der Waals surface area contributed by atoms with Gasteiger partial charge < -0.3 is 14.8 Å². The van der Waals surface area contributed by atoms with E-state index in [0.29, 0.717) is 24.5 Å². The van der Waals surface area contributed by atoms with Crippen LogP contribution in [0.15, 0.2) is 34.6 Å². The Morgan fingerprint density at radius 3 is 2.28 bits per heavy atom. The quantitative estimate of drug-likeness (QED) is 0.514. The summed E-state index contributed by atoms with van der Waals surface area (Å²) in [6.07, 6.45) is 4.42. The summed E-state index contributed by atoms with van der Waals surface area (Å²) in [7, 11) is 2.65. The third kappa shape index (κ3) is 6.54. The van der Waals surface area contributed by atoms with Crippen LogP contribution in [-0.4, -0.2) is 41.1 Å². The van der Waals surface area contributed by atoms with Crippen LogP contribution in [0.4, 0.5) is 9.52 Å². The predicted octanol–water partition coefficient (Wildman–Crippen LogP) is 4.33. The molecule has 154 valence electrons. The largest absolute Gasteiger partial charge is 0.465 e. The van der Waals surface area contributed by atoms with Gasteiger partial charge in [-0.15, -0.1) is 11.3 Å². The molecular formula is C17H16BrFN4O4S2. The zero-order valence-corrected chi connectivity index (χ0v) is 18.7. The second-order valence-corrected chi connectivity index (χ2v) is 8.56. The standard InChI is InChI=1S/C12H12FN3O2S.C5H4BrNO2S/c1-7(10-8(13)4-3-5-14-10)16-12-15-6-9(19-12)11(17)18-2;1-9-4(8)3-2-7-5(6)10-3/h3-7H,1-2H3,(H,15,16);2H,1H3/t7-;/m0./s1. The Morgan fingerprint density at radius 2 is 1.72 bits per heavy atom. The van der Waals surface area contributed by atoms with Gasteiger partial charge in [-0.2, -0.15) is 0 Å². The summed E-state index contributed by atoms with van der Waals surface area (Å²) in [6.45, 7) is 1.77. The topological polar surface area (TPSA) is 103 Å². The summed E-state index contributed by atoms with van der Waals surface area (Å²) in [5.41, 5.74) is 0.303. The fraction of sp³-hybridized carbons (Fsp3) is 0.235. The van der Waals surface area contributed by atoms with Crippen LogP contribution in [0.3, 0.4) is 0 Å². The lowest BCUT2D eigenvalue weighted by Crippen LogP contribution is -2.10. The molecule has 12 heteroatoms. The zero-order valence-electron chi connectivity index (χ0n) is 15.5. The number of pyridine rings is 1. The highest BCUT2D eigenvalue weighted by Crippen LogP contribution is 2.24. The van der Waals surface area contributed by atoms with Gasteiger partial charge in [-0.1, -0.05) is 11.3 Å². The van der Waals surface area contributed by atoms with Crippen LogP contribution in [-0.2, 0) is 9.47 Å². The van der Waals surface area contributed by atoms with Crippen LogP contribution < -0.4 is 5.32 Å². The van der Waals surface area contributed by atoms with Crippen LogP contribution in [0.25, 0.3) is 0 Å². The maximum Gasteiger partial charge on any atom is 0.349 e. The number of carbonyl (C=O) groups excluding carboxylic acids is 2. The van der Waals surface area contributed by atoms with Crippen molar-refractivity contribution in [1.29, 1.82) is 0 Å². The third-order valence-electron chi connectivity index (χ3n) is 3.29. The third-order valence-corrected chi connectivity index (χ3v) is 5.66. The Hall–Kier alpha value is -2.44. The normalized spacial score (nSPS) is 11.1. The number of hydrogen-bond acceptors (Lipinski definition) is 10. The Kier molecular flexibility index (Phi) is 8.61. The molecule has 3 heterocycles. The highest BCUT2D eigenvalue weighted by molar-refractivity contribution is 9.11. The van der Waals surface area contributed by atoms with Crippen molar-refractivity contribution in [3.05, 3.63) is 55.9 Å². The maximum atomic E-state index is 13.5. The number of aromatic nitrogens is 3. The Labute approximate surface area is 182 Å². The lowest BCUT2D eigenvalue weighted by atomic mass is 10.2. The molecule has 8 nitrogen and oxygen atoms in total. The van der Waals surface area contributed by atoms with Gasteiger partial charge in [0, 0.05) is 6.20 Å². The molecule has 0 radical (unpaired) electrons. The number of nitrogens with zero attached hydrogens (tertiary/aromatic N) is 3. The molecule has 29 heavy (non-hydrogen) atoms. The van der Waals surface area contributed by atoms with E-state index in [4.69, 9.17) is 0 Å². The molecule has 0 aliphatic carbocycles. The summed E-state index contributed by atoms with van der Waals surface area (Å²) in [5.74, 6) is -1.17. The zero-order chi connectivity index (χ0) is 21.4. The smallest absolute Gasteiger partial charge is 0.349 e. The van der Waals surface area contributed by atoms with Gasteiger partial charge in [-0.25, -0.2) is 23.9 Å². The van der Waals surface area contributed by atoms with Crippen molar-refractivity contribution in [2.24, 2.45) is 0 Å². The molecule has 0 bridgehead atoms. The number of thiazole rings is 2. The molecule has 1 atom stereocenters. The van der Waals surface area contributed by atoms with Crippen LogP contribution in [0.1, 0.15) is 38.0 Å². The summed E-state index contributed by atoms with van der Waals surface area (Å²) >= 11 is 5.53. The fourth-order valence-corrected chi connectivity index (χ4v) is 3.96. The van der Waals surface area contributed by atoms with E-state index in [9.17, 15) is 14.0 Å². The summed E-state index contributed by atoms with van der Waals surface area (Å²) < 4.78 is 23.3. The first-order chi connectivity index (χ1) is 13.8. The molecule has 3 aromatic heterocycles. The van der Waals surface area contributed by atoms with Gasteiger partial charge in [0.2, 0.25) is 0 Å². The molecule has 0 saturated carbocycles. The van der Waals surface area contributed by atoms with Crippen molar-refractivity contribution in [3.8, 4) is 0 Å². The lowest BCUT2D eigenvalue weighted by molar-refractivity contribution is 0.0597. The average molecular weight is 503 g/mol. The van der Waals surface area contributed by atoms with Crippen LogP contribution >= 0.6 is 38.6 Å². The molecule has 0 fully saturated rings. The summed E-state index contributed by atoms with van der Waals surface area (Å²) in [5, 5.41) is 3.51. The van der Waals surface area contributed by atoms with Gasteiger partial charge in [0.25, 0.3) is 0 Å². The molecule has 0 spiro atoms. The number of methoxy groups -OCH3 is 2. The molecule has 0 amide bonds. The minimum atomic E-state index is -0.442. The maximum absolute atomic E-state index is 13.5. The van der Waals surface area contributed by atoms with Gasteiger partial charge in [-0.3, -0.25) is 4.98 Å². The van der Waals surface area contributed by atoms with E-state index in [-0.39, 0.29) is 17.8 Å². The molecule has 0 aromatic carbocycles. The van der Waals surface area contributed by atoms with E-state index in [1.807, 2.05) is 0 Å². The highest BCUT2D eigenvalue weighted by Gasteiger charge is 2.15. The number of rotatable bonds is 5. The summed E-state index contributed by atoms with van der Waals surface area (Å²) in [6, 6.07) is 2.53. The molecule has 3 rings (SSSR count). The molecule has 3 aromatic rings. The van der Waals surface area contributed by atoms with Crippen LogP contribution in [0.5, 0.6) is 0 Å². The number of ether oxygens (including phenoxy) is 2. The number of hydrogen-bond donors (Lipinski definition) is 1. The van der Waals surface area contributed by atoms with Gasteiger partial charge in [0.05, 0.1) is 38.3 Å². The Balaban J connectivity index is 0.000000253. The van der Waals surface area contributed by atoms with E-state index < -0.39 is 5.97 Å². The Morgan fingerprint density at radius 1 is 1.10 bits per heavy atom. The predicted molar refractivity (Wildman–Crippen MR) is 111 cm³/mol. The molecule has 0 aliphatic rings. The van der Waals surface area contributed by atoms with Gasteiger partial charge >= 0.3 is 11.9 Å². The van der Waals surface area contributed by atoms with Crippen molar-refractivity contribution < 1.29 is 23.5 Å². The number of halogens is 2. The van der Waals surface area contributed by atoms with Gasteiger partial charge in [-0.05, 0) is 35.0 Å². The van der Waals surface area contributed by atoms with E-state index in [1.54, 1.807) is 6.92 Å². The summed E-state index contributed by atoms with van der Waals surface area (Å²) in [4.78, 5) is 34.8. The fourth-order valence-electron chi connectivity index (χ4n) is 1.95. The average Bonchev–Trinajstić information content (AvgIpc) is 3.36. The first-order valence-corrected chi connectivity index (χ1v) is 10.4. The monoisotopic (exact) mass is 502 g/mol. The minimum absolute atomic E-state index is 0.303. The van der Waals surface area contributed by atoms with Crippen molar-refractivity contribution in [3.63, 3.8) is 0 Å². The first kappa shape index (κ1) is 22.8. The minimum Gasteiger partial charge on any atom is -0.465 e. The molecule has 0 saturated heterocycles. The van der Waals surface area contributed by atoms with Crippen molar-refractivity contribution in [2.75, 3.05) is 19.5 Å². The van der Waals surface area contributed by atoms with Gasteiger partial charge in [0.1, 0.15) is 15.6 Å². The van der Waals surface area contributed by atoms with E-state index in [1.165, 1.54) is 56.3 Å².